The average molecular weight is 484 g/mol. The standard InChI is InChI=1S/C19H18Cl3N3O.2ClH/c20-14-4-1-13(2-5-14)3-6-16(11-25-8-7-24-12-25)26-19-17(21)9-15(23)10-18(19)22;;/h1-2,4-5,7-10,12,16H,3,6,11,23H2;2*1H. The number of ether oxygens (including phenoxy) is 1. The van der Waals surface area contributed by atoms with E-state index in [-0.39, 0.29) is 30.9 Å². The first-order valence-corrected chi connectivity index (χ1v) is 9.26. The topological polar surface area (TPSA) is 53.1 Å². The Kier molecular flexibility index (Phi) is 10.3. The number of hydrogen-bond donors (Lipinski definition) is 1. The number of nitrogens with two attached hydrogens (primary N) is 1. The van der Waals surface area contributed by atoms with E-state index < -0.39 is 0 Å². The van der Waals surface area contributed by atoms with Gasteiger partial charge in [-0.1, -0.05) is 46.9 Å². The maximum absolute atomic E-state index is 6.27. The molecule has 0 saturated heterocycles. The number of nitrogens with zero attached hydrogens (tertiary/aromatic N) is 2. The molecule has 3 rings (SSSR count). The van der Waals surface area contributed by atoms with Crippen LogP contribution < -0.4 is 10.5 Å². The largest absolute Gasteiger partial charge is 0.485 e. The van der Waals surface area contributed by atoms with Gasteiger partial charge in [0.05, 0.1) is 22.9 Å². The molecule has 0 radical (unpaired) electrons. The van der Waals surface area contributed by atoms with Gasteiger partial charge in [0.1, 0.15) is 6.10 Å². The third-order valence-corrected chi connectivity index (χ3v) is 4.76. The normalized spacial score (nSPS) is 11.2. The zero-order chi connectivity index (χ0) is 18.5. The van der Waals surface area contributed by atoms with E-state index in [1.54, 1.807) is 24.7 Å². The van der Waals surface area contributed by atoms with Crippen molar-refractivity contribution in [3.8, 4) is 5.75 Å². The Morgan fingerprint density at radius 2 is 1.68 bits per heavy atom. The highest BCUT2D eigenvalue weighted by Crippen LogP contribution is 2.36. The van der Waals surface area contributed by atoms with Crippen LogP contribution in [0.5, 0.6) is 5.75 Å². The molecule has 1 heterocycles. The molecular weight excluding hydrogens is 463 g/mol. The molecule has 0 bridgehead atoms. The van der Waals surface area contributed by atoms with E-state index in [4.69, 9.17) is 45.3 Å². The summed E-state index contributed by atoms with van der Waals surface area (Å²) in [6.07, 6.45) is 6.85. The lowest BCUT2D eigenvalue weighted by atomic mass is 10.1. The molecule has 0 aliphatic rings. The summed E-state index contributed by atoms with van der Waals surface area (Å²) in [6.45, 7) is 0.630. The van der Waals surface area contributed by atoms with Gasteiger partial charge in [0.15, 0.2) is 5.75 Å². The summed E-state index contributed by atoms with van der Waals surface area (Å²) < 4.78 is 8.12. The molecule has 1 aromatic heterocycles. The molecule has 0 spiro atoms. The molecule has 1 unspecified atom stereocenters. The second-order valence-electron chi connectivity index (χ2n) is 5.98. The summed E-state index contributed by atoms with van der Waals surface area (Å²) in [5, 5.41) is 1.52. The molecule has 28 heavy (non-hydrogen) atoms. The summed E-state index contributed by atoms with van der Waals surface area (Å²) in [5.74, 6) is 0.448. The van der Waals surface area contributed by atoms with Crippen LogP contribution in [0.2, 0.25) is 15.1 Å². The zero-order valence-electron chi connectivity index (χ0n) is 14.7. The van der Waals surface area contributed by atoms with E-state index >= 15 is 0 Å². The first kappa shape index (κ1) is 24.7. The number of halogens is 5. The SMILES string of the molecule is Cl.Cl.Nc1cc(Cl)c(OC(CCc2ccc(Cl)cc2)Cn2ccnc2)c(Cl)c1. The number of anilines is 1. The van der Waals surface area contributed by atoms with Crippen molar-refractivity contribution in [1.29, 1.82) is 0 Å². The molecule has 0 fully saturated rings. The lowest BCUT2D eigenvalue weighted by Crippen LogP contribution is -2.24. The number of nitrogen functional groups attached to an aromatic ring is 1. The lowest BCUT2D eigenvalue weighted by molar-refractivity contribution is 0.170. The Morgan fingerprint density at radius 3 is 2.25 bits per heavy atom. The van der Waals surface area contributed by atoms with Crippen LogP contribution >= 0.6 is 59.6 Å². The van der Waals surface area contributed by atoms with E-state index in [1.165, 1.54) is 5.56 Å². The molecule has 152 valence electrons. The van der Waals surface area contributed by atoms with Crippen LogP contribution in [0.25, 0.3) is 0 Å². The fourth-order valence-corrected chi connectivity index (χ4v) is 3.37. The Balaban J connectivity index is 0.00000196. The van der Waals surface area contributed by atoms with Gasteiger partial charge in [-0.2, -0.15) is 0 Å². The van der Waals surface area contributed by atoms with E-state index in [2.05, 4.69) is 4.98 Å². The molecule has 0 saturated carbocycles. The Labute approximate surface area is 191 Å². The molecule has 3 aromatic rings. The van der Waals surface area contributed by atoms with Crippen molar-refractivity contribution in [3.63, 3.8) is 0 Å². The quantitative estimate of drug-likeness (QED) is 0.399. The summed E-state index contributed by atoms with van der Waals surface area (Å²) in [6, 6.07) is 11.1. The van der Waals surface area contributed by atoms with Crippen molar-refractivity contribution < 1.29 is 4.74 Å². The van der Waals surface area contributed by atoms with Gasteiger partial charge in [-0.3, -0.25) is 0 Å². The van der Waals surface area contributed by atoms with Crippen molar-refractivity contribution in [1.82, 2.24) is 9.55 Å². The fraction of sp³-hybridized carbons (Fsp3) is 0.211. The first-order valence-electron chi connectivity index (χ1n) is 8.12. The van der Waals surface area contributed by atoms with Crippen molar-refractivity contribution in [2.24, 2.45) is 0 Å². The second kappa shape index (κ2) is 11.6. The predicted molar refractivity (Wildman–Crippen MR) is 122 cm³/mol. The summed E-state index contributed by atoms with van der Waals surface area (Å²) in [5.41, 5.74) is 7.45. The number of aromatic nitrogens is 2. The van der Waals surface area contributed by atoms with Crippen molar-refractivity contribution in [2.75, 3.05) is 5.73 Å². The Bertz CT molecular complexity index is 834. The van der Waals surface area contributed by atoms with Crippen LogP contribution in [0.3, 0.4) is 0 Å². The smallest absolute Gasteiger partial charge is 0.157 e. The average Bonchev–Trinajstić information content (AvgIpc) is 3.10. The number of rotatable bonds is 7. The minimum atomic E-state index is -0.140. The number of hydrogen-bond acceptors (Lipinski definition) is 3. The maximum atomic E-state index is 6.27. The van der Waals surface area contributed by atoms with E-state index in [0.29, 0.717) is 28.0 Å². The molecule has 1 atom stereocenters. The highest BCUT2D eigenvalue weighted by molar-refractivity contribution is 6.37. The Hall–Kier alpha value is -1.30. The van der Waals surface area contributed by atoms with Gasteiger partial charge in [0.2, 0.25) is 0 Å². The van der Waals surface area contributed by atoms with Gasteiger partial charge in [0, 0.05) is 23.1 Å². The molecule has 9 heteroatoms. The van der Waals surface area contributed by atoms with Gasteiger partial charge in [-0.25, -0.2) is 4.98 Å². The lowest BCUT2D eigenvalue weighted by Gasteiger charge is -2.21. The van der Waals surface area contributed by atoms with Gasteiger partial charge in [-0.15, -0.1) is 24.8 Å². The van der Waals surface area contributed by atoms with Crippen molar-refractivity contribution >= 4 is 65.3 Å². The molecule has 0 aliphatic heterocycles. The highest BCUT2D eigenvalue weighted by Gasteiger charge is 2.17. The minimum Gasteiger partial charge on any atom is -0.485 e. The van der Waals surface area contributed by atoms with Crippen LogP contribution in [-0.4, -0.2) is 15.7 Å². The molecular formula is C19H20Cl5N3O. The Morgan fingerprint density at radius 1 is 1.04 bits per heavy atom. The maximum Gasteiger partial charge on any atom is 0.157 e. The second-order valence-corrected chi connectivity index (χ2v) is 7.23. The molecule has 4 nitrogen and oxygen atoms in total. The monoisotopic (exact) mass is 481 g/mol. The third-order valence-electron chi connectivity index (χ3n) is 3.95. The number of imidazole rings is 1. The fourth-order valence-electron chi connectivity index (χ4n) is 2.65. The van der Waals surface area contributed by atoms with Crippen molar-refractivity contribution in [2.45, 2.75) is 25.5 Å². The van der Waals surface area contributed by atoms with Crippen molar-refractivity contribution in [3.05, 3.63) is 75.8 Å². The predicted octanol–water partition coefficient (Wildman–Crippen LogP) is 6.35. The van der Waals surface area contributed by atoms with Gasteiger partial charge < -0.3 is 15.0 Å². The van der Waals surface area contributed by atoms with E-state index in [1.807, 2.05) is 35.0 Å². The van der Waals surface area contributed by atoms with Gasteiger partial charge >= 0.3 is 0 Å². The molecule has 0 aliphatic carbocycles. The van der Waals surface area contributed by atoms with E-state index in [0.717, 1.165) is 17.9 Å². The molecule has 2 aromatic carbocycles. The molecule has 2 N–H and O–H groups in total. The first-order chi connectivity index (χ1) is 12.5. The molecule has 0 amide bonds. The van der Waals surface area contributed by atoms with Crippen LogP contribution in [0.15, 0.2) is 55.1 Å². The van der Waals surface area contributed by atoms with Gasteiger partial charge in [0.25, 0.3) is 0 Å². The van der Waals surface area contributed by atoms with Crippen LogP contribution in [0, 0.1) is 0 Å². The van der Waals surface area contributed by atoms with Crippen LogP contribution in [0.1, 0.15) is 12.0 Å². The summed E-state index contributed by atoms with van der Waals surface area (Å²) >= 11 is 18.5. The van der Waals surface area contributed by atoms with E-state index in [9.17, 15) is 0 Å². The van der Waals surface area contributed by atoms with Gasteiger partial charge in [-0.05, 0) is 42.7 Å². The summed E-state index contributed by atoms with van der Waals surface area (Å²) in [4.78, 5) is 4.08. The minimum absolute atomic E-state index is 0. The van der Waals surface area contributed by atoms with Crippen LogP contribution in [0.4, 0.5) is 5.69 Å². The third kappa shape index (κ3) is 6.94. The summed E-state index contributed by atoms with van der Waals surface area (Å²) in [7, 11) is 0. The number of benzene rings is 2. The number of aryl methyl sites for hydroxylation is 1. The van der Waals surface area contributed by atoms with Crippen LogP contribution in [-0.2, 0) is 13.0 Å². The highest BCUT2D eigenvalue weighted by atomic mass is 35.5. The zero-order valence-corrected chi connectivity index (χ0v) is 18.6.